The van der Waals surface area contributed by atoms with Gasteiger partial charge in [0.05, 0.1) is 0 Å². The lowest BCUT2D eigenvalue weighted by molar-refractivity contribution is 0.287. The van der Waals surface area contributed by atoms with Crippen LogP contribution in [0, 0.1) is 11.7 Å². The summed E-state index contributed by atoms with van der Waals surface area (Å²) in [6.45, 7) is 3.31. The van der Waals surface area contributed by atoms with Crippen molar-refractivity contribution in [2.75, 3.05) is 6.54 Å². The molecule has 1 aliphatic rings. The van der Waals surface area contributed by atoms with Crippen LogP contribution in [0.2, 0.25) is 0 Å². The van der Waals surface area contributed by atoms with Gasteiger partial charge in [0.25, 0.3) is 0 Å². The third-order valence-electron chi connectivity index (χ3n) is 4.18. The van der Waals surface area contributed by atoms with Gasteiger partial charge in [0.1, 0.15) is 5.82 Å². The van der Waals surface area contributed by atoms with Gasteiger partial charge in [-0.15, -0.1) is 0 Å². The minimum atomic E-state index is -0.149. The first-order valence-corrected chi connectivity index (χ1v) is 7.25. The van der Waals surface area contributed by atoms with Gasteiger partial charge < -0.3 is 5.32 Å². The Morgan fingerprint density at radius 1 is 1.11 bits per heavy atom. The summed E-state index contributed by atoms with van der Waals surface area (Å²) in [6.07, 6.45) is 7.73. The fraction of sp³-hybridized carbons (Fsp3) is 0.625. The van der Waals surface area contributed by atoms with Gasteiger partial charge >= 0.3 is 0 Å². The second kappa shape index (κ2) is 6.89. The molecule has 0 unspecified atom stereocenters. The molecule has 0 heterocycles. The van der Waals surface area contributed by atoms with Crippen LogP contribution in [0.15, 0.2) is 24.3 Å². The lowest BCUT2D eigenvalue weighted by Gasteiger charge is -2.28. The maximum atomic E-state index is 12.8. The third kappa shape index (κ3) is 4.09. The molecule has 1 aliphatic carbocycles. The van der Waals surface area contributed by atoms with Crippen molar-refractivity contribution in [1.82, 2.24) is 5.32 Å². The highest BCUT2D eigenvalue weighted by atomic mass is 19.1. The Kier molecular flexibility index (Phi) is 5.18. The van der Waals surface area contributed by atoms with Gasteiger partial charge in [-0.25, -0.2) is 4.39 Å². The van der Waals surface area contributed by atoms with Crippen LogP contribution in [0.25, 0.3) is 0 Å². The van der Waals surface area contributed by atoms with Gasteiger partial charge in [0, 0.05) is 6.04 Å². The Bertz CT molecular complexity index is 339. The van der Waals surface area contributed by atoms with Crippen LogP contribution >= 0.6 is 0 Å². The number of benzene rings is 1. The first kappa shape index (κ1) is 13.5. The molecule has 2 rings (SSSR count). The molecule has 1 aromatic carbocycles. The fourth-order valence-corrected chi connectivity index (χ4v) is 2.85. The van der Waals surface area contributed by atoms with Crippen LogP contribution in [0.1, 0.15) is 44.6 Å². The zero-order valence-electron chi connectivity index (χ0n) is 11.3. The van der Waals surface area contributed by atoms with Crippen LogP contribution in [-0.4, -0.2) is 12.6 Å². The van der Waals surface area contributed by atoms with Gasteiger partial charge in [0.2, 0.25) is 0 Å². The number of halogens is 1. The van der Waals surface area contributed by atoms with Crippen molar-refractivity contribution in [2.45, 2.75) is 51.5 Å². The van der Waals surface area contributed by atoms with Gasteiger partial charge in [-0.2, -0.15) is 0 Å². The molecule has 100 valence electrons. The predicted molar refractivity (Wildman–Crippen MR) is 74.1 cm³/mol. The number of hydrogen-bond donors (Lipinski definition) is 1. The van der Waals surface area contributed by atoms with Crippen molar-refractivity contribution in [1.29, 1.82) is 0 Å². The predicted octanol–water partition coefficient (Wildman–Crippen LogP) is 3.93. The second-order valence-electron chi connectivity index (χ2n) is 5.46. The molecule has 0 atom stereocenters. The van der Waals surface area contributed by atoms with Crippen molar-refractivity contribution < 1.29 is 4.39 Å². The zero-order valence-corrected chi connectivity index (χ0v) is 11.3. The average Bonchev–Trinajstić information content (AvgIpc) is 2.42. The molecular weight excluding hydrogens is 225 g/mol. The van der Waals surface area contributed by atoms with Gasteiger partial charge in [-0.05, 0) is 62.3 Å². The molecule has 1 fully saturated rings. The normalized spacial score (nSPS) is 24.1. The fourth-order valence-electron chi connectivity index (χ4n) is 2.85. The Morgan fingerprint density at radius 2 is 1.78 bits per heavy atom. The quantitative estimate of drug-likeness (QED) is 0.834. The van der Waals surface area contributed by atoms with E-state index in [1.165, 1.54) is 37.7 Å². The first-order chi connectivity index (χ1) is 8.78. The van der Waals surface area contributed by atoms with Crippen molar-refractivity contribution >= 4 is 0 Å². The molecule has 0 amide bonds. The van der Waals surface area contributed by atoms with Crippen LogP contribution in [-0.2, 0) is 6.42 Å². The van der Waals surface area contributed by atoms with E-state index in [0.29, 0.717) is 6.04 Å². The van der Waals surface area contributed by atoms with E-state index in [4.69, 9.17) is 0 Å². The van der Waals surface area contributed by atoms with Crippen LogP contribution in [0.3, 0.4) is 0 Å². The topological polar surface area (TPSA) is 12.0 Å². The van der Waals surface area contributed by atoms with Gasteiger partial charge in [-0.1, -0.05) is 25.5 Å². The smallest absolute Gasteiger partial charge is 0.123 e. The minimum Gasteiger partial charge on any atom is -0.314 e. The number of rotatable bonds is 5. The maximum absolute atomic E-state index is 12.8. The van der Waals surface area contributed by atoms with Crippen LogP contribution < -0.4 is 5.32 Å². The average molecular weight is 249 g/mol. The van der Waals surface area contributed by atoms with E-state index in [2.05, 4.69) is 12.2 Å². The number of hydrogen-bond acceptors (Lipinski definition) is 1. The lowest BCUT2D eigenvalue weighted by atomic mass is 9.84. The number of nitrogens with one attached hydrogen (secondary N) is 1. The molecule has 18 heavy (non-hydrogen) atoms. The molecule has 0 radical (unpaired) electrons. The summed E-state index contributed by atoms with van der Waals surface area (Å²) in [5.41, 5.74) is 1.21. The SMILES string of the molecule is CCC1CCC(NCCc2ccc(F)cc2)CC1. The van der Waals surface area contributed by atoms with Crippen molar-refractivity contribution in [3.63, 3.8) is 0 Å². The highest BCUT2D eigenvalue weighted by molar-refractivity contribution is 5.16. The molecule has 1 N–H and O–H groups in total. The monoisotopic (exact) mass is 249 g/mol. The molecule has 1 nitrogen and oxygen atoms in total. The Hall–Kier alpha value is -0.890. The summed E-state index contributed by atoms with van der Waals surface area (Å²) in [4.78, 5) is 0. The Morgan fingerprint density at radius 3 is 2.39 bits per heavy atom. The summed E-state index contributed by atoms with van der Waals surface area (Å²) in [5.74, 6) is 0.810. The molecule has 1 saturated carbocycles. The van der Waals surface area contributed by atoms with E-state index in [1.807, 2.05) is 12.1 Å². The summed E-state index contributed by atoms with van der Waals surface area (Å²) in [7, 11) is 0. The van der Waals surface area contributed by atoms with E-state index >= 15 is 0 Å². The standard InChI is InChI=1S/C16H24FN/c1-2-13-5-9-16(10-6-13)18-12-11-14-3-7-15(17)8-4-14/h3-4,7-8,13,16,18H,2,5-6,9-12H2,1H3. The van der Waals surface area contributed by atoms with Crippen LogP contribution in [0.5, 0.6) is 0 Å². The highest BCUT2D eigenvalue weighted by Gasteiger charge is 2.18. The highest BCUT2D eigenvalue weighted by Crippen LogP contribution is 2.26. The molecule has 0 aromatic heterocycles. The van der Waals surface area contributed by atoms with E-state index in [-0.39, 0.29) is 5.82 Å². The minimum absolute atomic E-state index is 0.149. The van der Waals surface area contributed by atoms with Gasteiger partial charge in [0.15, 0.2) is 0 Å². The largest absolute Gasteiger partial charge is 0.314 e. The summed E-state index contributed by atoms with van der Waals surface area (Å²) in [5, 5.41) is 3.64. The zero-order chi connectivity index (χ0) is 12.8. The first-order valence-electron chi connectivity index (χ1n) is 7.25. The van der Waals surface area contributed by atoms with E-state index in [0.717, 1.165) is 18.9 Å². The third-order valence-corrected chi connectivity index (χ3v) is 4.18. The van der Waals surface area contributed by atoms with Crippen LogP contribution in [0.4, 0.5) is 4.39 Å². The molecule has 0 bridgehead atoms. The molecule has 0 saturated heterocycles. The van der Waals surface area contributed by atoms with Crippen molar-refractivity contribution in [2.24, 2.45) is 5.92 Å². The molecule has 2 heteroatoms. The molecule has 0 spiro atoms. The van der Waals surface area contributed by atoms with E-state index in [1.54, 1.807) is 12.1 Å². The Labute approximate surface area is 110 Å². The summed E-state index contributed by atoms with van der Waals surface area (Å²) in [6, 6.07) is 7.55. The maximum Gasteiger partial charge on any atom is 0.123 e. The van der Waals surface area contributed by atoms with Crippen molar-refractivity contribution in [3.8, 4) is 0 Å². The second-order valence-corrected chi connectivity index (χ2v) is 5.46. The molecule has 1 aromatic rings. The summed E-state index contributed by atoms with van der Waals surface area (Å²) < 4.78 is 12.8. The molecular formula is C16H24FN. The molecule has 0 aliphatic heterocycles. The van der Waals surface area contributed by atoms with E-state index in [9.17, 15) is 4.39 Å². The summed E-state index contributed by atoms with van der Waals surface area (Å²) >= 11 is 0. The van der Waals surface area contributed by atoms with Crippen molar-refractivity contribution in [3.05, 3.63) is 35.6 Å². The van der Waals surface area contributed by atoms with Gasteiger partial charge in [-0.3, -0.25) is 0 Å². The van der Waals surface area contributed by atoms with E-state index < -0.39 is 0 Å². The lowest BCUT2D eigenvalue weighted by Crippen LogP contribution is -2.34. The Balaban J connectivity index is 1.65.